The molecule has 1 fully saturated rings. The molecule has 1 heterocycles. The number of rotatable bonds is 2. The number of anilines is 1. The van der Waals surface area contributed by atoms with Crippen molar-refractivity contribution < 1.29 is 9.53 Å². The van der Waals surface area contributed by atoms with Gasteiger partial charge in [-0.15, -0.1) is 0 Å². The summed E-state index contributed by atoms with van der Waals surface area (Å²) in [6.07, 6.45) is 5.17. The molecule has 0 aliphatic heterocycles. The van der Waals surface area contributed by atoms with Crippen molar-refractivity contribution in [3.05, 3.63) is 23.9 Å². The van der Waals surface area contributed by atoms with E-state index < -0.39 is 11.7 Å². The lowest BCUT2D eigenvalue weighted by Crippen LogP contribution is -2.43. The van der Waals surface area contributed by atoms with E-state index in [0.29, 0.717) is 11.4 Å². The third kappa shape index (κ3) is 3.72. The van der Waals surface area contributed by atoms with Gasteiger partial charge in [-0.05, 0) is 45.7 Å². The Kier molecular flexibility index (Phi) is 4.46. The minimum Gasteiger partial charge on any atom is -0.443 e. The van der Waals surface area contributed by atoms with Crippen molar-refractivity contribution in [2.75, 3.05) is 4.90 Å². The third-order valence-electron chi connectivity index (χ3n) is 3.42. The molecule has 1 aliphatic carbocycles. The summed E-state index contributed by atoms with van der Waals surface area (Å²) in [6.45, 7) is 5.50. The van der Waals surface area contributed by atoms with Crippen molar-refractivity contribution in [2.45, 2.75) is 58.1 Å². The number of carbonyl (C=O) groups is 1. The first-order chi connectivity index (χ1) is 9.92. The van der Waals surface area contributed by atoms with Crippen LogP contribution in [-0.4, -0.2) is 22.7 Å². The summed E-state index contributed by atoms with van der Waals surface area (Å²) in [5, 5.41) is 9.26. The molecule has 0 unspecified atom stereocenters. The molecule has 0 saturated heterocycles. The Morgan fingerprint density at radius 1 is 1.43 bits per heavy atom. The zero-order chi connectivity index (χ0) is 15.5. The molecule has 1 saturated carbocycles. The summed E-state index contributed by atoms with van der Waals surface area (Å²) in [7, 11) is 0. The van der Waals surface area contributed by atoms with Crippen molar-refractivity contribution in [2.24, 2.45) is 0 Å². The monoisotopic (exact) mass is 287 g/mol. The van der Waals surface area contributed by atoms with Gasteiger partial charge in [-0.3, -0.25) is 4.90 Å². The SMILES string of the molecule is CC(C)(C)OC(=O)N(c1ncccc1C#N)C1CCCC1. The van der Waals surface area contributed by atoms with Crippen molar-refractivity contribution in [1.29, 1.82) is 5.26 Å². The topological polar surface area (TPSA) is 66.2 Å². The average Bonchev–Trinajstić information content (AvgIpc) is 2.91. The summed E-state index contributed by atoms with van der Waals surface area (Å²) in [6, 6.07) is 5.54. The Bertz CT molecular complexity index is 551. The fourth-order valence-electron chi connectivity index (χ4n) is 2.56. The number of hydrogen-bond acceptors (Lipinski definition) is 4. The van der Waals surface area contributed by atoms with E-state index in [4.69, 9.17) is 4.74 Å². The van der Waals surface area contributed by atoms with Gasteiger partial charge in [-0.2, -0.15) is 5.26 Å². The second-order valence-electron chi connectivity index (χ2n) is 6.27. The highest BCUT2D eigenvalue weighted by Gasteiger charge is 2.33. The number of nitrogens with zero attached hydrogens (tertiary/aromatic N) is 3. The second kappa shape index (κ2) is 6.13. The van der Waals surface area contributed by atoms with Gasteiger partial charge in [0, 0.05) is 12.2 Å². The number of pyridine rings is 1. The molecule has 112 valence electrons. The van der Waals surface area contributed by atoms with Crippen LogP contribution in [0.15, 0.2) is 18.3 Å². The Morgan fingerprint density at radius 3 is 2.67 bits per heavy atom. The molecule has 0 bridgehead atoms. The molecular weight excluding hydrogens is 266 g/mol. The standard InChI is InChI=1S/C16H21N3O2/c1-16(2,3)21-15(20)19(13-8-4-5-9-13)14-12(11-17)7-6-10-18-14/h6-7,10,13H,4-5,8-9H2,1-3H3. The summed E-state index contributed by atoms with van der Waals surface area (Å²) in [5.41, 5.74) is -0.175. The molecule has 0 spiro atoms. The number of hydrogen-bond donors (Lipinski definition) is 0. The van der Waals surface area contributed by atoms with Gasteiger partial charge in [-0.1, -0.05) is 12.8 Å². The number of ether oxygens (including phenoxy) is 1. The highest BCUT2D eigenvalue weighted by Crippen LogP contribution is 2.30. The molecule has 0 atom stereocenters. The lowest BCUT2D eigenvalue weighted by atomic mass is 10.1. The molecule has 5 heteroatoms. The number of amides is 1. The number of carbonyl (C=O) groups excluding carboxylic acids is 1. The Labute approximate surface area is 125 Å². The molecular formula is C16H21N3O2. The highest BCUT2D eigenvalue weighted by molar-refractivity contribution is 5.89. The van der Waals surface area contributed by atoms with Gasteiger partial charge in [-0.25, -0.2) is 9.78 Å². The zero-order valence-corrected chi connectivity index (χ0v) is 12.8. The first-order valence-electron chi connectivity index (χ1n) is 7.30. The number of aromatic nitrogens is 1. The second-order valence-corrected chi connectivity index (χ2v) is 6.27. The lowest BCUT2D eigenvalue weighted by Gasteiger charge is -2.31. The molecule has 5 nitrogen and oxygen atoms in total. The van der Waals surface area contributed by atoms with E-state index in [-0.39, 0.29) is 6.04 Å². The Hall–Kier alpha value is -2.09. The van der Waals surface area contributed by atoms with Gasteiger partial charge in [0.05, 0.1) is 5.56 Å². The van der Waals surface area contributed by atoms with Crippen molar-refractivity contribution in [3.63, 3.8) is 0 Å². The van der Waals surface area contributed by atoms with E-state index in [1.54, 1.807) is 23.2 Å². The zero-order valence-electron chi connectivity index (χ0n) is 12.8. The molecule has 1 amide bonds. The fourth-order valence-corrected chi connectivity index (χ4v) is 2.56. The largest absolute Gasteiger partial charge is 0.443 e. The van der Waals surface area contributed by atoms with Crippen molar-refractivity contribution >= 4 is 11.9 Å². The van der Waals surface area contributed by atoms with Crippen molar-refractivity contribution in [3.8, 4) is 6.07 Å². The predicted octanol–water partition coefficient (Wildman–Crippen LogP) is 3.64. The van der Waals surface area contributed by atoms with E-state index in [1.165, 1.54) is 0 Å². The summed E-state index contributed by atoms with van der Waals surface area (Å²) in [4.78, 5) is 18.4. The van der Waals surface area contributed by atoms with Gasteiger partial charge in [0.25, 0.3) is 0 Å². The minimum absolute atomic E-state index is 0.0573. The first-order valence-corrected chi connectivity index (χ1v) is 7.30. The normalized spacial score (nSPS) is 15.5. The first kappa shape index (κ1) is 15.3. The summed E-state index contributed by atoms with van der Waals surface area (Å²) >= 11 is 0. The molecule has 0 radical (unpaired) electrons. The minimum atomic E-state index is -0.574. The van der Waals surface area contributed by atoms with E-state index in [9.17, 15) is 10.1 Å². The number of nitriles is 1. The summed E-state index contributed by atoms with van der Waals surface area (Å²) in [5.74, 6) is 0.404. The molecule has 1 aliphatic rings. The van der Waals surface area contributed by atoms with Gasteiger partial charge in [0.1, 0.15) is 11.7 Å². The van der Waals surface area contributed by atoms with E-state index >= 15 is 0 Å². The van der Waals surface area contributed by atoms with Crippen LogP contribution in [0.3, 0.4) is 0 Å². The van der Waals surface area contributed by atoms with Crippen LogP contribution >= 0.6 is 0 Å². The van der Waals surface area contributed by atoms with E-state index in [2.05, 4.69) is 11.1 Å². The summed E-state index contributed by atoms with van der Waals surface area (Å²) < 4.78 is 5.50. The molecule has 1 aromatic rings. The molecule has 1 aromatic heterocycles. The molecule has 21 heavy (non-hydrogen) atoms. The van der Waals surface area contributed by atoms with Gasteiger partial charge in [0.2, 0.25) is 0 Å². The third-order valence-corrected chi connectivity index (χ3v) is 3.42. The quantitative estimate of drug-likeness (QED) is 0.833. The van der Waals surface area contributed by atoms with Crippen LogP contribution in [0.4, 0.5) is 10.6 Å². The molecule has 0 aromatic carbocycles. The Balaban J connectivity index is 2.36. The highest BCUT2D eigenvalue weighted by atomic mass is 16.6. The maximum Gasteiger partial charge on any atom is 0.416 e. The van der Waals surface area contributed by atoms with Crippen molar-refractivity contribution in [1.82, 2.24) is 4.98 Å². The molecule has 0 N–H and O–H groups in total. The maximum atomic E-state index is 12.6. The van der Waals surface area contributed by atoms with Crippen LogP contribution in [0, 0.1) is 11.3 Å². The van der Waals surface area contributed by atoms with E-state index in [1.807, 2.05) is 20.8 Å². The average molecular weight is 287 g/mol. The Morgan fingerprint density at radius 2 is 2.10 bits per heavy atom. The van der Waals surface area contributed by atoms with Crippen LogP contribution in [-0.2, 0) is 4.74 Å². The van der Waals surface area contributed by atoms with Crippen LogP contribution in [0.5, 0.6) is 0 Å². The maximum absolute atomic E-state index is 12.6. The lowest BCUT2D eigenvalue weighted by molar-refractivity contribution is 0.0564. The van der Waals surface area contributed by atoms with Gasteiger partial charge in [0.15, 0.2) is 5.82 Å². The van der Waals surface area contributed by atoms with E-state index in [0.717, 1.165) is 25.7 Å². The van der Waals surface area contributed by atoms with Gasteiger partial charge < -0.3 is 4.74 Å². The van der Waals surface area contributed by atoms with Crippen LogP contribution in [0.2, 0.25) is 0 Å². The van der Waals surface area contributed by atoms with Crippen LogP contribution in [0.25, 0.3) is 0 Å². The van der Waals surface area contributed by atoms with Gasteiger partial charge >= 0.3 is 6.09 Å². The van der Waals surface area contributed by atoms with Crippen LogP contribution < -0.4 is 4.90 Å². The molecule has 2 rings (SSSR count). The predicted molar refractivity (Wildman–Crippen MR) is 79.9 cm³/mol. The fraction of sp³-hybridized carbons (Fsp3) is 0.562. The van der Waals surface area contributed by atoms with Crippen LogP contribution in [0.1, 0.15) is 52.0 Å². The smallest absolute Gasteiger partial charge is 0.416 e.